The largest absolute Gasteiger partial charge is 0.377 e. The zero-order valence-corrected chi connectivity index (χ0v) is 11.2. The summed E-state index contributed by atoms with van der Waals surface area (Å²) in [5.74, 6) is -0.248. The second kappa shape index (κ2) is 6.79. The van der Waals surface area contributed by atoms with Gasteiger partial charge in [-0.25, -0.2) is 4.98 Å². The van der Waals surface area contributed by atoms with Gasteiger partial charge >= 0.3 is 0 Å². The highest BCUT2D eigenvalue weighted by Gasteiger charge is 2.10. The van der Waals surface area contributed by atoms with Crippen molar-refractivity contribution in [1.29, 1.82) is 0 Å². The molecular formula is C11H14Cl2N2O2. The highest BCUT2D eigenvalue weighted by Crippen LogP contribution is 2.19. The first-order chi connectivity index (χ1) is 8.04. The lowest BCUT2D eigenvalue weighted by Crippen LogP contribution is -2.32. The van der Waals surface area contributed by atoms with E-state index in [-0.39, 0.29) is 22.2 Å². The van der Waals surface area contributed by atoms with Crippen molar-refractivity contribution in [2.45, 2.75) is 20.0 Å². The number of carbonyl (C=O) groups is 1. The highest BCUT2D eigenvalue weighted by atomic mass is 35.5. The molecule has 1 aromatic heterocycles. The number of rotatable bonds is 5. The molecule has 0 saturated carbocycles. The van der Waals surface area contributed by atoms with Gasteiger partial charge < -0.3 is 10.1 Å². The molecule has 0 aliphatic heterocycles. The van der Waals surface area contributed by atoms with Gasteiger partial charge in [0.05, 0.1) is 16.7 Å². The molecule has 1 rings (SSSR count). The maximum Gasteiger partial charge on any atom is 0.252 e. The molecular weight excluding hydrogens is 263 g/mol. The molecule has 0 radical (unpaired) electrons. The van der Waals surface area contributed by atoms with Crippen molar-refractivity contribution in [2.75, 3.05) is 13.2 Å². The smallest absolute Gasteiger partial charge is 0.252 e. The van der Waals surface area contributed by atoms with Gasteiger partial charge in [0.1, 0.15) is 5.15 Å². The maximum atomic E-state index is 11.7. The third-order valence-electron chi connectivity index (χ3n) is 2.06. The Kier molecular flexibility index (Phi) is 5.68. The average Bonchev–Trinajstić information content (AvgIpc) is 2.30. The molecule has 1 aromatic rings. The van der Waals surface area contributed by atoms with Crippen LogP contribution in [0.5, 0.6) is 0 Å². The van der Waals surface area contributed by atoms with E-state index >= 15 is 0 Å². The fourth-order valence-electron chi connectivity index (χ4n) is 1.23. The number of nitrogens with zero attached hydrogens (tertiary/aromatic N) is 1. The summed E-state index contributed by atoms with van der Waals surface area (Å²) in [5, 5.41) is 3.17. The van der Waals surface area contributed by atoms with Crippen LogP contribution >= 0.6 is 23.2 Å². The summed E-state index contributed by atoms with van der Waals surface area (Å²) in [6.07, 6.45) is 1.36. The van der Waals surface area contributed by atoms with E-state index in [0.717, 1.165) is 0 Å². The van der Waals surface area contributed by atoms with Crippen LogP contribution in [0.1, 0.15) is 24.2 Å². The first-order valence-corrected chi connectivity index (χ1v) is 6.01. The molecule has 0 saturated heterocycles. The van der Waals surface area contributed by atoms with Crippen LogP contribution in [0.4, 0.5) is 0 Å². The Morgan fingerprint density at radius 2 is 2.29 bits per heavy atom. The standard InChI is InChI=1S/C11H14Cl2N2O2/c1-3-17-7(2)5-15-11(16)8-4-9(12)10(13)14-6-8/h4,6-7H,3,5H2,1-2H3,(H,15,16). The predicted molar refractivity (Wildman–Crippen MR) is 67.7 cm³/mol. The normalized spacial score (nSPS) is 12.2. The number of carbonyl (C=O) groups excluding carboxylic acids is 1. The fraction of sp³-hybridized carbons (Fsp3) is 0.455. The van der Waals surface area contributed by atoms with Crippen molar-refractivity contribution < 1.29 is 9.53 Å². The van der Waals surface area contributed by atoms with Gasteiger partial charge in [-0.3, -0.25) is 4.79 Å². The number of aromatic nitrogens is 1. The van der Waals surface area contributed by atoms with Crippen LogP contribution < -0.4 is 5.32 Å². The quantitative estimate of drug-likeness (QED) is 0.841. The van der Waals surface area contributed by atoms with Gasteiger partial charge in [0.15, 0.2) is 0 Å². The molecule has 0 aliphatic rings. The Labute approximate surface area is 110 Å². The van der Waals surface area contributed by atoms with Crippen molar-refractivity contribution in [3.63, 3.8) is 0 Å². The minimum Gasteiger partial charge on any atom is -0.377 e. The zero-order valence-electron chi connectivity index (χ0n) is 9.67. The summed E-state index contributed by atoms with van der Waals surface area (Å²) < 4.78 is 5.29. The summed E-state index contributed by atoms with van der Waals surface area (Å²) >= 11 is 11.4. The van der Waals surface area contributed by atoms with Gasteiger partial charge in [-0.15, -0.1) is 0 Å². The van der Waals surface area contributed by atoms with Crippen LogP contribution in [0.3, 0.4) is 0 Å². The van der Waals surface area contributed by atoms with E-state index in [1.54, 1.807) is 0 Å². The minimum absolute atomic E-state index is 0.0281. The Hall–Kier alpha value is -0.840. The Bertz CT molecular complexity index is 399. The molecule has 1 atom stereocenters. The van der Waals surface area contributed by atoms with Crippen LogP contribution in [-0.4, -0.2) is 30.1 Å². The molecule has 0 spiro atoms. The van der Waals surface area contributed by atoms with Crippen LogP contribution in [0.15, 0.2) is 12.3 Å². The Morgan fingerprint density at radius 1 is 1.59 bits per heavy atom. The first-order valence-electron chi connectivity index (χ1n) is 5.25. The summed E-state index contributed by atoms with van der Waals surface area (Å²) in [6, 6.07) is 1.48. The molecule has 4 nitrogen and oxygen atoms in total. The van der Waals surface area contributed by atoms with Crippen molar-refractivity contribution in [1.82, 2.24) is 10.3 Å². The van der Waals surface area contributed by atoms with Crippen LogP contribution in [0.2, 0.25) is 10.2 Å². The maximum absolute atomic E-state index is 11.7. The molecule has 1 heterocycles. The van der Waals surface area contributed by atoms with E-state index in [1.165, 1.54) is 12.3 Å². The summed E-state index contributed by atoms with van der Waals surface area (Å²) in [4.78, 5) is 15.5. The molecule has 1 amide bonds. The van der Waals surface area contributed by atoms with Crippen molar-refractivity contribution in [2.24, 2.45) is 0 Å². The van der Waals surface area contributed by atoms with Crippen molar-refractivity contribution >= 4 is 29.1 Å². The van der Waals surface area contributed by atoms with Crippen LogP contribution in [-0.2, 0) is 4.74 Å². The van der Waals surface area contributed by atoms with Crippen molar-refractivity contribution in [3.8, 4) is 0 Å². The van der Waals surface area contributed by atoms with Gasteiger partial charge in [0.25, 0.3) is 5.91 Å². The lowest BCUT2D eigenvalue weighted by Gasteiger charge is -2.12. The highest BCUT2D eigenvalue weighted by molar-refractivity contribution is 6.41. The minimum atomic E-state index is -0.248. The van der Waals surface area contributed by atoms with E-state index in [1.807, 2.05) is 13.8 Å². The van der Waals surface area contributed by atoms with Crippen molar-refractivity contribution in [3.05, 3.63) is 28.0 Å². The number of nitrogens with one attached hydrogen (secondary N) is 1. The van der Waals surface area contributed by atoms with Gasteiger partial charge in [-0.1, -0.05) is 23.2 Å². The Morgan fingerprint density at radius 3 is 2.88 bits per heavy atom. The predicted octanol–water partition coefficient (Wildman–Crippen LogP) is 2.54. The molecule has 1 N–H and O–H groups in total. The lowest BCUT2D eigenvalue weighted by molar-refractivity contribution is 0.0695. The topological polar surface area (TPSA) is 51.2 Å². The average molecular weight is 277 g/mol. The number of pyridine rings is 1. The van der Waals surface area contributed by atoms with Gasteiger partial charge in [-0.2, -0.15) is 0 Å². The third-order valence-corrected chi connectivity index (χ3v) is 2.75. The van der Waals surface area contributed by atoms with Gasteiger partial charge in [0.2, 0.25) is 0 Å². The Balaban J connectivity index is 2.55. The first kappa shape index (κ1) is 14.2. The molecule has 94 valence electrons. The fourth-order valence-corrected chi connectivity index (χ4v) is 1.50. The van der Waals surface area contributed by atoms with E-state index in [4.69, 9.17) is 27.9 Å². The van der Waals surface area contributed by atoms with Gasteiger partial charge in [-0.05, 0) is 19.9 Å². The molecule has 6 heteroatoms. The summed E-state index contributed by atoms with van der Waals surface area (Å²) in [6.45, 7) is 4.84. The second-order valence-electron chi connectivity index (χ2n) is 3.47. The van der Waals surface area contributed by atoms with Crippen LogP contribution in [0, 0.1) is 0 Å². The van der Waals surface area contributed by atoms with E-state index in [9.17, 15) is 4.79 Å². The molecule has 0 aromatic carbocycles. The van der Waals surface area contributed by atoms with E-state index in [0.29, 0.717) is 18.7 Å². The number of hydrogen-bond donors (Lipinski definition) is 1. The molecule has 0 fully saturated rings. The number of amides is 1. The van der Waals surface area contributed by atoms with E-state index < -0.39 is 0 Å². The molecule has 0 aliphatic carbocycles. The SMILES string of the molecule is CCOC(C)CNC(=O)c1cnc(Cl)c(Cl)c1. The summed E-state index contributed by atoms with van der Waals surface area (Å²) in [5.41, 5.74) is 0.378. The van der Waals surface area contributed by atoms with Crippen LogP contribution in [0.25, 0.3) is 0 Å². The molecule has 17 heavy (non-hydrogen) atoms. The lowest BCUT2D eigenvalue weighted by atomic mass is 10.2. The number of halogens is 2. The van der Waals surface area contributed by atoms with E-state index in [2.05, 4.69) is 10.3 Å². The number of ether oxygens (including phenoxy) is 1. The second-order valence-corrected chi connectivity index (χ2v) is 4.24. The number of hydrogen-bond acceptors (Lipinski definition) is 3. The summed E-state index contributed by atoms with van der Waals surface area (Å²) in [7, 11) is 0. The third kappa shape index (κ3) is 4.50. The molecule has 0 bridgehead atoms. The van der Waals surface area contributed by atoms with Gasteiger partial charge in [0, 0.05) is 19.3 Å². The zero-order chi connectivity index (χ0) is 12.8. The monoisotopic (exact) mass is 276 g/mol. The molecule has 1 unspecified atom stereocenters.